The van der Waals surface area contributed by atoms with Crippen LogP contribution in [0, 0.1) is 0 Å². The third-order valence-electron chi connectivity index (χ3n) is 3.52. The molecule has 1 heterocycles. The summed E-state index contributed by atoms with van der Waals surface area (Å²) in [5.41, 5.74) is 2.14. The second kappa shape index (κ2) is 9.39. The summed E-state index contributed by atoms with van der Waals surface area (Å²) < 4.78 is 10.3. The summed E-state index contributed by atoms with van der Waals surface area (Å²) in [6.45, 7) is 1.37. The highest BCUT2D eigenvalue weighted by molar-refractivity contribution is 5.79. The minimum Gasteiger partial charge on any atom is -0.497 e. The Kier molecular flexibility index (Phi) is 6.89. The van der Waals surface area contributed by atoms with Crippen molar-refractivity contribution >= 4 is 5.96 Å². The van der Waals surface area contributed by atoms with Crippen molar-refractivity contribution in [1.29, 1.82) is 0 Å². The Morgan fingerprint density at radius 2 is 1.83 bits per heavy atom. The molecular weight excluding hydrogens is 304 g/mol. The molecule has 0 unspecified atom stereocenters. The minimum atomic E-state index is 0.583. The van der Waals surface area contributed by atoms with E-state index in [0.29, 0.717) is 12.4 Å². The van der Waals surface area contributed by atoms with Crippen LogP contribution in [0.25, 0.3) is 0 Å². The number of guanidine groups is 1. The number of hydrogen-bond acceptors (Lipinski definition) is 4. The predicted octanol–water partition coefficient (Wildman–Crippen LogP) is 2.01. The maximum Gasteiger partial charge on any atom is 0.213 e. The molecule has 0 aliphatic rings. The van der Waals surface area contributed by atoms with Crippen LogP contribution in [-0.4, -0.2) is 38.8 Å². The Morgan fingerprint density at radius 3 is 2.50 bits per heavy atom. The van der Waals surface area contributed by atoms with Gasteiger partial charge in [-0.15, -0.1) is 0 Å². The molecule has 1 aromatic heterocycles. The van der Waals surface area contributed by atoms with Gasteiger partial charge in [0.25, 0.3) is 0 Å². The first-order chi connectivity index (χ1) is 11.7. The first-order valence-corrected chi connectivity index (χ1v) is 7.82. The second-order valence-corrected chi connectivity index (χ2v) is 5.12. The molecule has 128 valence electrons. The van der Waals surface area contributed by atoms with Gasteiger partial charge in [0, 0.05) is 19.7 Å². The van der Waals surface area contributed by atoms with Gasteiger partial charge in [-0.3, -0.25) is 4.99 Å². The number of hydrogen-bond donors (Lipinski definition) is 2. The number of ether oxygens (including phenoxy) is 2. The van der Waals surface area contributed by atoms with E-state index in [2.05, 4.69) is 32.7 Å². The van der Waals surface area contributed by atoms with Crippen molar-refractivity contribution in [2.45, 2.75) is 13.0 Å². The number of aromatic nitrogens is 1. The number of methoxy groups -OCH3 is 2. The molecule has 0 amide bonds. The van der Waals surface area contributed by atoms with Crippen molar-refractivity contribution in [1.82, 2.24) is 15.6 Å². The molecule has 2 aromatic rings. The van der Waals surface area contributed by atoms with E-state index in [4.69, 9.17) is 9.47 Å². The monoisotopic (exact) mass is 328 g/mol. The highest BCUT2D eigenvalue weighted by Crippen LogP contribution is 2.11. The van der Waals surface area contributed by atoms with Gasteiger partial charge in [0.1, 0.15) is 5.75 Å². The molecule has 0 radical (unpaired) electrons. The number of benzene rings is 1. The zero-order chi connectivity index (χ0) is 17.2. The van der Waals surface area contributed by atoms with Crippen LogP contribution in [0.15, 0.2) is 47.5 Å². The Labute approximate surface area is 142 Å². The van der Waals surface area contributed by atoms with Crippen molar-refractivity contribution in [3.63, 3.8) is 0 Å². The highest BCUT2D eigenvalue weighted by atomic mass is 16.5. The number of nitrogens with one attached hydrogen (secondary N) is 2. The lowest BCUT2D eigenvalue weighted by Crippen LogP contribution is -2.38. The zero-order valence-electron chi connectivity index (χ0n) is 14.4. The van der Waals surface area contributed by atoms with Gasteiger partial charge in [0.15, 0.2) is 5.96 Å². The average molecular weight is 328 g/mol. The van der Waals surface area contributed by atoms with E-state index in [0.717, 1.165) is 30.4 Å². The molecule has 0 atom stereocenters. The van der Waals surface area contributed by atoms with Gasteiger partial charge >= 0.3 is 0 Å². The molecule has 2 rings (SSSR count). The standard InChI is InChI=1S/C18H24N4O2/c1-19-18(21-13-15-5-4-6-17(22-15)24-3)20-12-11-14-7-9-16(23-2)10-8-14/h4-10H,11-13H2,1-3H3,(H2,19,20,21). The van der Waals surface area contributed by atoms with Gasteiger partial charge < -0.3 is 20.1 Å². The molecule has 0 aliphatic heterocycles. The molecule has 0 spiro atoms. The Hall–Kier alpha value is -2.76. The summed E-state index contributed by atoms with van der Waals surface area (Å²) in [7, 11) is 5.03. The first kappa shape index (κ1) is 17.6. The topological polar surface area (TPSA) is 67.8 Å². The SMILES string of the molecule is CN=C(NCCc1ccc(OC)cc1)NCc1cccc(OC)n1. The van der Waals surface area contributed by atoms with Crippen molar-refractivity contribution in [3.05, 3.63) is 53.7 Å². The smallest absolute Gasteiger partial charge is 0.213 e. The van der Waals surface area contributed by atoms with Gasteiger partial charge in [-0.25, -0.2) is 4.98 Å². The summed E-state index contributed by atoms with van der Waals surface area (Å²) in [6.07, 6.45) is 0.905. The Balaban J connectivity index is 1.77. The van der Waals surface area contributed by atoms with Crippen molar-refractivity contribution in [2.75, 3.05) is 27.8 Å². The molecule has 2 N–H and O–H groups in total. The molecule has 0 aliphatic carbocycles. The van der Waals surface area contributed by atoms with Crippen LogP contribution in [-0.2, 0) is 13.0 Å². The number of aliphatic imine (C=N–C) groups is 1. The normalized spacial score (nSPS) is 11.0. The molecule has 24 heavy (non-hydrogen) atoms. The molecule has 0 bridgehead atoms. The summed E-state index contributed by atoms with van der Waals surface area (Å²) in [5, 5.41) is 6.54. The van der Waals surface area contributed by atoms with Gasteiger partial charge in [-0.1, -0.05) is 18.2 Å². The van der Waals surface area contributed by atoms with E-state index < -0.39 is 0 Å². The Bertz CT molecular complexity index is 656. The van der Waals surface area contributed by atoms with Crippen LogP contribution in [0.2, 0.25) is 0 Å². The molecule has 0 fully saturated rings. The van der Waals surface area contributed by atoms with Crippen molar-refractivity contribution in [3.8, 4) is 11.6 Å². The summed E-state index contributed by atoms with van der Waals surface area (Å²) in [5.74, 6) is 2.22. The summed E-state index contributed by atoms with van der Waals surface area (Å²) in [4.78, 5) is 8.58. The molecule has 6 heteroatoms. The van der Waals surface area contributed by atoms with E-state index in [-0.39, 0.29) is 0 Å². The fourth-order valence-electron chi connectivity index (χ4n) is 2.18. The van der Waals surface area contributed by atoms with Crippen LogP contribution in [0.1, 0.15) is 11.3 Å². The van der Waals surface area contributed by atoms with Gasteiger partial charge in [0.2, 0.25) is 5.88 Å². The van der Waals surface area contributed by atoms with E-state index in [9.17, 15) is 0 Å². The van der Waals surface area contributed by atoms with Gasteiger partial charge in [-0.05, 0) is 30.2 Å². The van der Waals surface area contributed by atoms with E-state index >= 15 is 0 Å². The van der Waals surface area contributed by atoms with E-state index in [1.807, 2.05) is 30.3 Å². The predicted molar refractivity (Wildman–Crippen MR) is 95.7 cm³/mol. The van der Waals surface area contributed by atoms with Crippen LogP contribution in [0.4, 0.5) is 0 Å². The quantitative estimate of drug-likeness (QED) is 0.601. The van der Waals surface area contributed by atoms with Crippen LogP contribution >= 0.6 is 0 Å². The molecule has 0 saturated carbocycles. The molecular formula is C18H24N4O2. The molecule has 6 nitrogen and oxygen atoms in total. The van der Waals surface area contributed by atoms with Crippen molar-refractivity contribution < 1.29 is 9.47 Å². The summed E-state index contributed by atoms with van der Waals surface area (Å²) >= 11 is 0. The number of pyridine rings is 1. The fraction of sp³-hybridized carbons (Fsp3) is 0.333. The van der Waals surface area contributed by atoms with E-state index in [1.54, 1.807) is 21.3 Å². The second-order valence-electron chi connectivity index (χ2n) is 5.12. The molecule has 1 aromatic carbocycles. The molecule has 0 saturated heterocycles. The van der Waals surface area contributed by atoms with Crippen LogP contribution in [0.5, 0.6) is 11.6 Å². The largest absolute Gasteiger partial charge is 0.497 e. The van der Waals surface area contributed by atoms with Gasteiger partial charge in [-0.2, -0.15) is 0 Å². The maximum atomic E-state index is 5.16. The number of nitrogens with zero attached hydrogens (tertiary/aromatic N) is 2. The lowest BCUT2D eigenvalue weighted by Gasteiger charge is -2.12. The average Bonchev–Trinajstić information content (AvgIpc) is 2.65. The lowest BCUT2D eigenvalue weighted by molar-refractivity contribution is 0.396. The van der Waals surface area contributed by atoms with Crippen molar-refractivity contribution in [2.24, 2.45) is 4.99 Å². The maximum absolute atomic E-state index is 5.16. The zero-order valence-corrected chi connectivity index (χ0v) is 14.4. The van der Waals surface area contributed by atoms with E-state index in [1.165, 1.54) is 5.56 Å². The third-order valence-corrected chi connectivity index (χ3v) is 3.52. The highest BCUT2D eigenvalue weighted by Gasteiger charge is 2.01. The van der Waals surface area contributed by atoms with Crippen LogP contribution in [0.3, 0.4) is 0 Å². The fourth-order valence-corrected chi connectivity index (χ4v) is 2.18. The number of rotatable bonds is 7. The van der Waals surface area contributed by atoms with Crippen LogP contribution < -0.4 is 20.1 Å². The summed E-state index contributed by atoms with van der Waals surface area (Å²) in [6, 6.07) is 13.8. The Morgan fingerprint density at radius 1 is 1.04 bits per heavy atom. The minimum absolute atomic E-state index is 0.583. The third kappa shape index (κ3) is 5.46. The first-order valence-electron chi connectivity index (χ1n) is 7.82. The van der Waals surface area contributed by atoms with Gasteiger partial charge in [0.05, 0.1) is 26.5 Å². The lowest BCUT2D eigenvalue weighted by atomic mass is 10.1.